The van der Waals surface area contributed by atoms with Gasteiger partial charge in [0, 0.05) is 48.1 Å². The molecule has 8 nitrogen and oxygen atoms in total. The number of rotatable bonds is 16. The molecule has 37 heavy (non-hydrogen) atoms. The number of esters is 1. The van der Waals surface area contributed by atoms with Gasteiger partial charge in [0.1, 0.15) is 6.10 Å². The summed E-state index contributed by atoms with van der Waals surface area (Å²) < 4.78 is 5.88. The number of amides is 2. The number of nitrogens with one attached hydrogen (secondary N) is 1. The Morgan fingerprint density at radius 1 is 1.05 bits per heavy atom. The fraction of sp³-hybridized carbons (Fsp3) is 0.536. The quantitative estimate of drug-likeness (QED) is 0.223. The zero-order valence-corrected chi connectivity index (χ0v) is 23.3. The van der Waals surface area contributed by atoms with E-state index in [0.29, 0.717) is 32.0 Å². The predicted octanol–water partition coefficient (Wildman–Crippen LogP) is 3.84. The summed E-state index contributed by atoms with van der Waals surface area (Å²) in [6.45, 7) is 10.6. The van der Waals surface area contributed by atoms with Gasteiger partial charge in [-0.25, -0.2) is 4.79 Å². The second kappa shape index (κ2) is 15.5. The minimum absolute atomic E-state index is 0.0836. The Morgan fingerprint density at radius 3 is 2.27 bits per heavy atom. The van der Waals surface area contributed by atoms with E-state index in [9.17, 15) is 14.4 Å². The molecule has 1 heterocycles. The maximum atomic E-state index is 13.3. The van der Waals surface area contributed by atoms with Crippen LogP contribution in [0.3, 0.4) is 0 Å². The zero-order chi connectivity index (χ0) is 27.4. The minimum Gasteiger partial charge on any atom is -0.456 e. The van der Waals surface area contributed by atoms with Gasteiger partial charge in [-0.1, -0.05) is 33.8 Å². The monoisotopic (exact) mass is 530 g/mol. The molecule has 0 aliphatic rings. The minimum atomic E-state index is -0.720. The van der Waals surface area contributed by atoms with E-state index in [0.717, 1.165) is 30.7 Å². The zero-order valence-electron chi connectivity index (χ0n) is 22.5. The van der Waals surface area contributed by atoms with Crippen LogP contribution >= 0.6 is 11.3 Å². The van der Waals surface area contributed by atoms with Crippen molar-refractivity contribution < 1.29 is 19.1 Å². The number of hydrogen-bond acceptors (Lipinski definition) is 7. The highest BCUT2D eigenvalue weighted by Gasteiger charge is 2.25. The SMILES string of the molecule is CCCN(CCC)C(=O)c1cc(C(N)=O)cc(C(=O)OC(CNCCC(C)C)C(N)Cc2cccs2)c1. The molecular formula is C28H42N4O4S. The summed E-state index contributed by atoms with van der Waals surface area (Å²) in [7, 11) is 0. The summed E-state index contributed by atoms with van der Waals surface area (Å²) in [6.07, 6.45) is 2.54. The topological polar surface area (TPSA) is 128 Å². The smallest absolute Gasteiger partial charge is 0.338 e. The molecule has 0 fully saturated rings. The first-order chi connectivity index (χ1) is 17.7. The molecule has 2 unspecified atom stereocenters. The maximum absolute atomic E-state index is 13.3. The van der Waals surface area contributed by atoms with E-state index in [1.165, 1.54) is 18.2 Å². The van der Waals surface area contributed by atoms with E-state index >= 15 is 0 Å². The largest absolute Gasteiger partial charge is 0.456 e. The highest BCUT2D eigenvalue weighted by atomic mass is 32.1. The molecule has 204 valence electrons. The lowest BCUT2D eigenvalue weighted by molar-refractivity contribution is 0.0239. The number of benzene rings is 1. The Hall–Kier alpha value is -2.75. The number of hydrogen-bond donors (Lipinski definition) is 3. The van der Waals surface area contributed by atoms with Gasteiger partial charge in [0.25, 0.3) is 5.91 Å². The molecule has 0 radical (unpaired) electrons. The molecule has 0 spiro atoms. The summed E-state index contributed by atoms with van der Waals surface area (Å²) in [5.41, 5.74) is 12.4. The van der Waals surface area contributed by atoms with E-state index in [4.69, 9.17) is 16.2 Å². The molecule has 2 rings (SSSR count). The van der Waals surface area contributed by atoms with Crippen LogP contribution in [-0.4, -0.2) is 61.0 Å². The van der Waals surface area contributed by atoms with Gasteiger partial charge in [-0.2, -0.15) is 0 Å². The van der Waals surface area contributed by atoms with E-state index in [2.05, 4.69) is 19.2 Å². The van der Waals surface area contributed by atoms with Gasteiger partial charge in [0.05, 0.1) is 5.56 Å². The van der Waals surface area contributed by atoms with Crippen molar-refractivity contribution in [1.29, 1.82) is 0 Å². The van der Waals surface area contributed by atoms with Gasteiger partial charge in [0.15, 0.2) is 0 Å². The molecule has 0 bridgehead atoms. The predicted molar refractivity (Wildman–Crippen MR) is 149 cm³/mol. The van der Waals surface area contributed by atoms with Gasteiger partial charge in [0.2, 0.25) is 5.91 Å². The van der Waals surface area contributed by atoms with Gasteiger partial charge in [-0.3, -0.25) is 9.59 Å². The lowest BCUT2D eigenvalue weighted by Gasteiger charge is -2.25. The van der Waals surface area contributed by atoms with Crippen molar-refractivity contribution in [2.75, 3.05) is 26.2 Å². The number of primary amides is 1. The average Bonchev–Trinajstić information content (AvgIpc) is 3.37. The van der Waals surface area contributed by atoms with Crippen molar-refractivity contribution in [2.24, 2.45) is 17.4 Å². The molecule has 0 saturated carbocycles. The molecule has 2 amide bonds. The Balaban J connectivity index is 2.28. The summed E-state index contributed by atoms with van der Waals surface area (Å²) >= 11 is 1.60. The van der Waals surface area contributed by atoms with Crippen LogP contribution in [0.25, 0.3) is 0 Å². The molecule has 1 aromatic carbocycles. The molecule has 2 aromatic rings. The van der Waals surface area contributed by atoms with Gasteiger partial charge >= 0.3 is 5.97 Å². The van der Waals surface area contributed by atoms with Crippen molar-refractivity contribution in [3.63, 3.8) is 0 Å². The third-order valence-corrected chi connectivity index (χ3v) is 6.87. The summed E-state index contributed by atoms with van der Waals surface area (Å²) in [5, 5.41) is 5.33. The first-order valence-electron chi connectivity index (χ1n) is 13.1. The number of thiophene rings is 1. The molecule has 0 saturated heterocycles. The van der Waals surface area contributed by atoms with Gasteiger partial charge < -0.3 is 26.4 Å². The van der Waals surface area contributed by atoms with Crippen molar-refractivity contribution in [3.05, 3.63) is 57.3 Å². The molecule has 2 atom stereocenters. The van der Waals surface area contributed by atoms with Gasteiger partial charge in [-0.05, 0) is 61.4 Å². The highest BCUT2D eigenvalue weighted by Crippen LogP contribution is 2.18. The Kier molecular flexibility index (Phi) is 12.8. The van der Waals surface area contributed by atoms with Crippen LogP contribution in [0.5, 0.6) is 0 Å². The summed E-state index contributed by atoms with van der Waals surface area (Å²) in [5.74, 6) is -1.07. The van der Waals surface area contributed by atoms with Crippen LogP contribution in [0.15, 0.2) is 35.7 Å². The number of carbonyl (C=O) groups is 3. The number of carbonyl (C=O) groups excluding carboxylic acids is 3. The Morgan fingerprint density at radius 2 is 1.70 bits per heavy atom. The van der Waals surface area contributed by atoms with Crippen molar-refractivity contribution in [3.8, 4) is 0 Å². The third kappa shape index (κ3) is 9.91. The molecule has 5 N–H and O–H groups in total. The number of nitrogens with two attached hydrogens (primary N) is 2. The standard InChI is InChI=1S/C28H42N4O4S/c1-5-11-32(12-6-2)27(34)21-14-20(26(30)33)15-22(16-21)28(35)36-25(18-31-10-9-19(3)4)24(29)17-23-8-7-13-37-23/h7-8,13-16,19,24-25,31H,5-6,9-12,17-18,29H2,1-4H3,(H2,30,33). The number of ether oxygens (including phenoxy) is 1. The molecular weight excluding hydrogens is 488 g/mol. The van der Waals surface area contributed by atoms with Crippen LogP contribution in [0.2, 0.25) is 0 Å². The fourth-order valence-electron chi connectivity index (χ4n) is 3.96. The van der Waals surface area contributed by atoms with Crippen LogP contribution in [0, 0.1) is 5.92 Å². The lowest BCUT2D eigenvalue weighted by atomic mass is 10.0. The number of nitrogens with zero attached hydrogens (tertiary/aromatic N) is 1. The van der Waals surface area contributed by atoms with E-state index in [1.807, 2.05) is 31.4 Å². The third-order valence-electron chi connectivity index (χ3n) is 5.97. The van der Waals surface area contributed by atoms with Crippen LogP contribution in [-0.2, 0) is 11.2 Å². The van der Waals surface area contributed by atoms with Crippen molar-refractivity contribution >= 4 is 29.1 Å². The summed E-state index contributed by atoms with van der Waals surface area (Å²) in [6, 6.07) is 7.82. The average molecular weight is 531 g/mol. The maximum Gasteiger partial charge on any atom is 0.338 e. The second-order valence-electron chi connectivity index (χ2n) is 9.73. The Bertz CT molecular complexity index is 1000. The van der Waals surface area contributed by atoms with E-state index in [1.54, 1.807) is 16.2 Å². The van der Waals surface area contributed by atoms with E-state index < -0.39 is 24.0 Å². The second-order valence-corrected chi connectivity index (χ2v) is 10.8. The first-order valence-corrected chi connectivity index (χ1v) is 14.0. The summed E-state index contributed by atoms with van der Waals surface area (Å²) in [4.78, 5) is 41.3. The van der Waals surface area contributed by atoms with Crippen LogP contribution in [0.1, 0.15) is 82.9 Å². The molecule has 0 aliphatic heterocycles. The fourth-order valence-corrected chi connectivity index (χ4v) is 4.74. The first kappa shape index (κ1) is 30.5. The van der Waals surface area contributed by atoms with Crippen molar-refractivity contribution in [2.45, 2.75) is 65.5 Å². The normalized spacial score (nSPS) is 12.8. The van der Waals surface area contributed by atoms with Gasteiger partial charge in [-0.15, -0.1) is 11.3 Å². The van der Waals surface area contributed by atoms with Crippen LogP contribution < -0.4 is 16.8 Å². The van der Waals surface area contributed by atoms with Crippen LogP contribution in [0.4, 0.5) is 0 Å². The molecule has 9 heteroatoms. The molecule has 0 aliphatic carbocycles. The Labute approximate surface area is 224 Å². The van der Waals surface area contributed by atoms with E-state index in [-0.39, 0.29) is 22.6 Å². The highest BCUT2D eigenvalue weighted by molar-refractivity contribution is 7.09. The van der Waals surface area contributed by atoms with Crippen molar-refractivity contribution in [1.82, 2.24) is 10.2 Å². The molecule has 1 aromatic heterocycles. The lowest BCUT2D eigenvalue weighted by Crippen LogP contribution is -2.46.